The van der Waals surface area contributed by atoms with Crippen molar-refractivity contribution in [3.05, 3.63) is 84.3 Å². The SMILES string of the molecule is c1ccc([C@@H]2COC(c3cccnc3Oc3cccnc3)=N2)cc1. The Labute approximate surface area is 139 Å². The molecule has 5 nitrogen and oxygen atoms in total. The van der Waals surface area contributed by atoms with Crippen molar-refractivity contribution in [1.29, 1.82) is 0 Å². The number of pyridine rings is 2. The first-order chi connectivity index (χ1) is 11.9. The number of hydrogen-bond acceptors (Lipinski definition) is 5. The summed E-state index contributed by atoms with van der Waals surface area (Å²) in [5, 5.41) is 0. The second-order valence-electron chi connectivity index (χ2n) is 5.32. The summed E-state index contributed by atoms with van der Waals surface area (Å²) >= 11 is 0. The van der Waals surface area contributed by atoms with Crippen LogP contribution in [0.15, 0.2) is 78.2 Å². The predicted octanol–water partition coefficient (Wildman–Crippen LogP) is 3.79. The normalized spacial score (nSPS) is 16.3. The van der Waals surface area contributed by atoms with Crippen molar-refractivity contribution in [2.75, 3.05) is 6.61 Å². The maximum absolute atomic E-state index is 5.83. The fourth-order valence-corrected chi connectivity index (χ4v) is 2.52. The lowest BCUT2D eigenvalue weighted by molar-refractivity contribution is 0.318. The Morgan fingerprint density at radius 3 is 2.67 bits per heavy atom. The quantitative estimate of drug-likeness (QED) is 0.734. The van der Waals surface area contributed by atoms with Crippen molar-refractivity contribution in [3.63, 3.8) is 0 Å². The van der Waals surface area contributed by atoms with Gasteiger partial charge >= 0.3 is 0 Å². The predicted molar refractivity (Wildman–Crippen MR) is 90.2 cm³/mol. The van der Waals surface area contributed by atoms with Crippen LogP contribution in [0, 0.1) is 0 Å². The molecule has 1 aliphatic rings. The van der Waals surface area contributed by atoms with Gasteiger partial charge in [0.05, 0.1) is 11.8 Å². The summed E-state index contributed by atoms with van der Waals surface area (Å²) in [6.45, 7) is 0.514. The first-order valence-electron chi connectivity index (χ1n) is 7.69. The number of benzene rings is 1. The third kappa shape index (κ3) is 2.96. The minimum absolute atomic E-state index is 0.00681. The van der Waals surface area contributed by atoms with Crippen LogP contribution in [0.4, 0.5) is 0 Å². The van der Waals surface area contributed by atoms with Crippen LogP contribution in [0.25, 0.3) is 0 Å². The molecule has 0 unspecified atom stereocenters. The number of aliphatic imine (C=N–C) groups is 1. The van der Waals surface area contributed by atoms with E-state index in [0.717, 1.165) is 11.1 Å². The van der Waals surface area contributed by atoms with Crippen LogP contribution >= 0.6 is 0 Å². The second-order valence-corrected chi connectivity index (χ2v) is 5.32. The molecule has 0 saturated heterocycles. The van der Waals surface area contributed by atoms with Crippen LogP contribution in [0.5, 0.6) is 11.6 Å². The van der Waals surface area contributed by atoms with Crippen LogP contribution in [0.2, 0.25) is 0 Å². The summed E-state index contributed by atoms with van der Waals surface area (Å²) in [6.07, 6.45) is 5.02. The van der Waals surface area contributed by atoms with Crippen LogP contribution in [-0.2, 0) is 4.74 Å². The zero-order valence-electron chi connectivity index (χ0n) is 12.9. The van der Waals surface area contributed by atoms with Crippen LogP contribution < -0.4 is 4.74 Å². The molecule has 4 rings (SSSR count). The fraction of sp³-hybridized carbons (Fsp3) is 0.105. The topological polar surface area (TPSA) is 56.6 Å². The van der Waals surface area contributed by atoms with Crippen LogP contribution in [0.1, 0.15) is 17.2 Å². The number of nitrogens with zero attached hydrogens (tertiary/aromatic N) is 3. The van der Waals surface area contributed by atoms with Crippen molar-refractivity contribution in [1.82, 2.24) is 9.97 Å². The molecule has 1 aliphatic heterocycles. The van der Waals surface area contributed by atoms with E-state index >= 15 is 0 Å². The van der Waals surface area contributed by atoms with Gasteiger partial charge in [0.2, 0.25) is 11.8 Å². The van der Waals surface area contributed by atoms with Gasteiger partial charge in [0.25, 0.3) is 0 Å². The van der Waals surface area contributed by atoms with Crippen molar-refractivity contribution >= 4 is 5.90 Å². The summed E-state index contributed by atoms with van der Waals surface area (Å²) in [5.74, 6) is 1.63. The molecule has 0 radical (unpaired) electrons. The number of ether oxygens (including phenoxy) is 2. The van der Waals surface area contributed by atoms with E-state index in [1.165, 1.54) is 0 Å². The van der Waals surface area contributed by atoms with E-state index in [-0.39, 0.29) is 6.04 Å². The average molecular weight is 317 g/mol. The molecule has 3 aromatic rings. The Hall–Kier alpha value is -3.21. The first kappa shape index (κ1) is 14.4. The Morgan fingerprint density at radius 1 is 0.958 bits per heavy atom. The maximum atomic E-state index is 5.83. The van der Waals surface area contributed by atoms with Crippen molar-refractivity contribution in [3.8, 4) is 11.6 Å². The molecule has 0 saturated carbocycles. The molecule has 1 aromatic carbocycles. The molecular weight excluding hydrogens is 302 g/mol. The van der Waals surface area contributed by atoms with E-state index in [1.54, 1.807) is 18.6 Å². The monoisotopic (exact) mass is 317 g/mol. The molecule has 0 fully saturated rings. The van der Waals surface area contributed by atoms with Gasteiger partial charge in [-0.3, -0.25) is 4.98 Å². The van der Waals surface area contributed by atoms with Gasteiger partial charge in [0.1, 0.15) is 18.4 Å². The molecule has 2 aromatic heterocycles. The lowest BCUT2D eigenvalue weighted by Crippen LogP contribution is -2.04. The minimum Gasteiger partial charge on any atom is -0.475 e. The molecule has 5 heteroatoms. The van der Waals surface area contributed by atoms with E-state index < -0.39 is 0 Å². The summed E-state index contributed by atoms with van der Waals surface area (Å²) in [4.78, 5) is 13.0. The molecule has 0 N–H and O–H groups in total. The van der Waals surface area contributed by atoms with Crippen molar-refractivity contribution in [2.45, 2.75) is 6.04 Å². The molecule has 0 bridgehead atoms. The van der Waals surface area contributed by atoms with Gasteiger partial charge in [-0.1, -0.05) is 30.3 Å². The van der Waals surface area contributed by atoms with Gasteiger partial charge < -0.3 is 9.47 Å². The highest BCUT2D eigenvalue weighted by molar-refractivity contribution is 5.97. The number of aromatic nitrogens is 2. The Morgan fingerprint density at radius 2 is 1.83 bits per heavy atom. The first-order valence-corrected chi connectivity index (χ1v) is 7.69. The second kappa shape index (κ2) is 6.50. The largest absolute Gasteiger partial charge is 0.475 e. The molecule has 0 amide bonds. The molecule has 1 atom stereocenters. The van der Waals surface area contributed by atoms with E-state index in [9.17, 15) is 0 Å². The van der Waals surface area contributed by atoms with E-state index in [4.69, 9.17) is 9.47 Å². The average Bonchev–Trinajstić information content (AvgIpc) is 3.14. The van der Waals surface area contributed by atoms with Gasteiger partial charge in [-0.25, -0.2) is 9.98 Å². The summed E-state index contributed by atoms with van der Waals surface area (Å²) in [7, 11) is 0. The highest BCUT2D eigenvalue weighted by Gasteiger charge is 2.24. The lowest BCUT2D eigenvalue weighted by atomic mass is 10.1. The highest BCUT2D eigenvalue weighted by atomic mass is 16.5. The summed E-state index contributed by atoms with van der Waals surface area (Å²) in [6, 6.07) is 17.5. The molecular formula is C19H15N3O2. The Balaban J connectivity index is 1.63. The van der Waals surface area contributed by atoms with Gasteiger partial charge in [-0.15, -0.1) is 0 Å². The Kier molecular flexibility index (Phi) is 3.90. The zero-order valence-corrected chi connectivity index (χ0v) is 12.9. The maximum Gasteiger partial charge on any atom is 0.232 e. The standard InChI is InChI=1S/C19H15N3O2/c1-2-6-14(7-3-1)17-13-23-19(22-17)16-9-5-11-21-18(16)24-15-8-4-10-20-12-15/h1-12,17H,13H2/t17-/m0/s1. The zero-order chi connectivity index (χ0) is 16.2. The van der Waals surface area contributed by atoms with Crippen molar-refractivity contribution < 1.29 is 9.47 Å². The molecule has 0 spiro atoms. The molecule has 118 valence electrons. The minimum atomic E-state index is -0.00681. The number of rotatable bonds is 4. The van der Waals surface area contributed by atoms with Gasteiger partial charge in [0.15, 0.2) is 0 Å². The summed E-state index contributed by atoms with van der Waals surface area (Å²) < 4.78 is 11.6. The molecule has 3 heterocycles. The van der Waals surface area contributed by atoms with Crippen LogP contribution in [0.3, 0.4) is 0 Å². The summed E-state index contributed by atoms with van der Waals surface area (Å²) in [5.41, 5.74) is 1.87. The Bertz CT molecular complexity index is 851. The third-order valence-corrected chi connectivity index (χ3v) is 3.69. The number of hydrogen-bond donors (Lipinski definition) is 0. The molecule has 0 aliphatic carbocycles. The van der Waals surface area contributed by atoms with E-state index in [0.29, 0.717) is 24.1 Å². The van der Waals surface area contributed by atoms with Crippen LogP contribution in [-0.4, -0.2) is 22.5 Å². The van der Waals surface area contributed by atoms with Gasteiger partial charge in [-0.2, -0.15) is 0 Å². The van der Waals surface area contributed by atoms with Crippen molar-refractivity contribution in [2.24, 2.45) is 4.99 Å². The lowest BCUT2D eigenvalue weighted by Gasteiger charge is -2.08. The van der Waals surface area contributed by atoms with E-state index in [1.807, 2.05) is 42.5 Å². The van der Waals surface area contributed by atoms with Gasteiger partial charge in [0, 0.05) is 12.4 Å². The smallest absolute Gasteiger partial charge is 0.232 e. The fourth-order valence-electron chi connectivity index (χ4n) is 2.52. The highest BCUT2D eigenvalue weighted by Crippen LogP contribution is 2.29. The molecule has 24 heavy (non-hydrogen) atoms. The third-order valence-electron chi connectivity index (χ3n) is 3.69. The van der Waals surface area contributed by atoms with E-state index in [2.05, 4.69) is 27.1 Å². The van der Waals surface area contributed by atoms with Gasteiger partial charge in [-0.05, 0) is 29.8 Å².